The molecule has 1 atom stereocenters. The monoisotopic (exact) mass is 243 g/mol. The molecule has 0 aliphatic carbocycles. The summed E-state index contributed by atoms with van der Waals surface area (Å²) in [6.45, 7) is 3.72. The first kappa shape index (κ1) is 11.4. The topological polar surface area (TPSA) is 67.1 Å². The van der Waals surface area contributed by atoms with Crippen molar-refractivity contribution in [2.24, 2.45) is 5.84 Å². The maximum Gasteiger partial charge on any atom is 0.239 e. The number of thioether (sulfide) groups is 1. The molecule has 0 saturated carbocycles. The maximum atomic E-state index is 13.6. The van der Waals surface area contributed by atoms with Crippen LogP contribution >= 0.6 is 11.8 Å². The zero-order chi connectivity index (χ0) is 11.5. The fourth-order valence-corrected chi connectivity index (χ4v) is 2.67. The summed E-state index contributed by atoms with van der Waals surface area (Å²) in [5.41, 5.74) is 2.32. The van der Waals surface area contributed by atoms with E-state index >= 15 is 0 Å². The lowest BCUT2D eigenvalue weighted by atomic mass is 10.3. The summed E-state index contributed by atoms with van der Waals surface area (Å²) in [6.07, 6.45) is 1.14. The molecule has 7 heteroatoms. The second kappa shape index (κ2) is 4.84. The third-order valence-electron chi connectivity index (χ3n) is 2.40. The number of hydrogen-bond acceptors (Lipinski definition) is 6. The summed E-state index contributed by atoms with van der Waals surface area (Å²) in [5.74, 6) is 6.35. The largest absolute Gasteiger partial charge is 0.352 e. The van der Waals surface area contributed by atoms with Crippen molar-refractivity contribution in [3.05, 3.63) is 12.0 Å². The molecule has 1 unspecified atom stereocenters. The van der Waals surface area contributed by atoms with E-state index in [0.29, 0.717) is 11.1 Å². The number of halogens is 1. The Kier molecular flexibility index (Phi) is 3.45. The lowest BCUT2D eigenvalue weighted by molar-refractivity contribution is 0.601. The predicted octanol–water partition coefficient (Wildman–Crippen LogP) is 0.843. The van der Waals surface area contributed by atoms with E-state index in [-0.39, 0.29) is 5.95 Å². The normalized spacial score (nSPS) is 20.9. The van der Waals surface area contributed by atoms with Crippen LogP contribution in [0.15, 0.2) is 6.20 Å². The van der Waals surface area contributed by atoms with Gasteiger partial charge in [0.2, 0.25) is 5.95 Å². The molecular formula is C9H14FN5S. The molecule has 1 aromatic rings. The van der Waals surface area contributed by atoms with Crippen LogP contribution in [0.25, 0.3) is 0 Å². The van der Waals surface area contributed by atoms with Gasteiger partial charge < -0.3 is 4.90 Å². The van der Waals surface area contributed by atoms with E-state index in [9.17, 15) is 4.39 Å². The average molecular weight is 243 g/mol. The molecule has 1 aromatic heterocycles. The van der Waals surface area contributed by atoms with Crippen LogP contribution in [-0.4, -0.2) is 34.1 Å². The number of hydrogen-bond donors (Lipinski definition) is 2. The van der Waals surface area contributed by atoms with Gasteiger partial charge in [-0.1, -0.05) is 6.92 Å². The van der Waals surface area contributed by atoms with Gasteiger partial charge in [-0.15, -0.1) is 0 Å². The molecule has 5 nitrogen and oxygen atoms in total. The van der Waals surface area contributed by atoms with Gasteiger partial charge in [-0.25, -0.2) is 15.2 Å². The van der Waals surface area contributed by atoms with Gasteiger partial charge in [0.25, 0.3) is 0 Å². The van der Waals surface area contributed by atoms with Crippen LogP contribution in [0.4, 0.5) is 16.2 Å². The number of aromatic nitrogens is 2. The van der Waals surface area contributed by atoms with Crippen molar-refractivity contribution in [3.8, 4) is 0 Å². The quantitative estimate of drug-likeness (QED) is 0.593. The molecule has 88 valence electrons. The van der Waals surface area contributed by atoms with Crippen molar-refractivity contribution in [2.75, 3.05) is 29.2 Å². The average Bonchev–Trinajstić information content (AvgIpc) is 2.30. The van der Waals surface area contributed by atoms with Gasteiger partial charge in [0.15, 0.2) is 11.6 Å². The van der Waals surface area contributed by atoms with E-state index in [1.807, 2.05) is 16.7 Å². The van der Waals surface area contributed by atoms with Crippen LogP contribution in [-0.2, 0) is 0 Å². The van der Waals surface area contributed by atoms with Crippen LogP contribution < -0.4 is 16.2 Å². The van der Waals surface area contributed by atoms with Gasteiger partial charge in [-0.2, -0.15) is 16.7 Å². The Bertz CT molecular complexity index is 375. The SMILES string of the molecule is CC1CN(c2nc(NN)ncc2F)CCS1. The first-order chi connectivity index (χ1) is 7.70. The Hall–Kier alpha value is -1.08. The molecule has 16 heavy (non-hydrogen) atoms. The number of nitrogens with one attached hydrogen (secondary N) is 1. The van der Waals surface area contributed by atoms with Crippen molar-refractivity contribution in [2.45, 2.75) is 12.2 Å². The zero-order valence-electron chi connectivity index (χ0n) is 8.98. The van der Waals surface area contributed by atoms with E-state index in [4.69, 9.17) is 5.84 Å². The Morgan fingerprint density at radius 1 is 1.69 bits per heavy atom. The molecular weight excluding hydrogens is 229 g/mol. The van der Waals surface area contributed by atoms with Gasteiger partial charge in [-0.05, 0) is 0 Å². The summed E-state index contributed by atoms with van der Waals surface area (Å²) < 4.78 is 13.6. The lowest BCUT2D eigenvalue weighted by Gasteiger charge is -2.31. The molecule has 1 aliphatic heterocycles. The van der Waals surface area contributed by atoms with Crippen LogP contribution in [0.3, 0.4) is 0 Å². The van der Waals surface area contributed by atoms with Crippen LogP contribution in [0.5, 0.6) is 0 Å². The second-order valence-electron chi connectivity index (χ2n) is 3.64. The standard InChI is InChI=1S/C9H14FN5S/c1-6-5-15(2-3-16-6)8-7(10)4-12-9(13-8)14-11/h4,6H,2-3,5,11H2,1H3,(H,12,13,14). The third kappa shape index (κ3) is 2.35. The van der Waals surface area contributed by atoms with Crippen molar-refractivity contribution in [1.82, 2.24) is 9.97 Å². The molecule has 1 fully saturated rings. The second-order valence-corrected chi connectivity index (χ2v) is 5.18. The van der Waals surface area contributed by atoms with Crippen molar-refractivity contribution in [3.63, 3.8) is 0 Å². The first-order valence-corrected chi connectivity index (χ1v) is 6.11. The molecule has 1 aliphatic rings. The Labute approximate surface area is 97.6 Å². The highest BCUT2D eigenvalue weighted by Gasteiger charge is 2.21. The predicted molar refractivity (Wildman–Crippen MR) is 63.9 cm³/mol. The Morgan fingerprint density at radius 2 is 2.50 bits per heavy atom. The number of rotatable bonds is 2. The van der Waals surface area contributed by atoms with E-state index in [2.05, 4.69) is 22.3 Å². The van der Waals surface area contributed by atoms with Gasteiger partial charge >= 0.3 is 0 Å². The lowest BCUT2D eigenvalue weighted by Crippen LogP contribution is -2.38. The van der Waals surface area contributed by atoms with Crippen LogP contribution in [0, 0.1) is 5.82 Å². The van der Waals surface area contributed by atoms with Gasteiger partial charge in [-0.3, -0.25) is 5.43 Å². The Morgan fingerprint density at radius 3 is 3.19 bits per heavy atom. The summed E-state index contributed by atoms with van der Waals surface area (Å²) in [5, 5.41) is 0.484. The number of nitrogen functional groups attached to an aromatic ring is 1. The van der Waals surface area contributed by atoms with Gasteiger partial charge in [0.1, 0.15) is 0 Å². The fourth-order valence-electron chi connectivity index (χ4n) is 1.66. The van der Waals surface area contributed by atoms with E-state index in [0.717, 1.165) is 25.0 Å². The van der Waals surface area contributed by atoms with E-state index in [1.54, 1.807) is 0 Å². The molecule has 0 amide bonds. The minimum absolute atomic E-state index is 0.238. The summed E-state index contributed by atoms with van der Waals surface area (Å²) in [7, 11) is 0. The zero-order valence-corrected chi connectivity index (χ0v) is 9.80. The number of nitrogens with two attached hydrogens (primary N) is 1. The maximum absolute atomic E-state index is 13.6. The van der Waals surface area contributed by atoms with Gasteiger partial charge in [0, 0.05) is 24.1 Å². The molecule has 0 spiro atoms. The Balaban J connectivity index is 2.24. The minimum Gasteiger partial charge on any atom is -0.352 e. The molecule has 0 aromatic carbocycles. The van der Waals surface area contributed by atoms with E-state index < -0.39 is 5.82 Å². The minimum atomic E-state index is -0.405. The molecule has 3 N–H and O–H groups in total. The number of anilines is 2. The molecule has 0 bridgehead atoms. The highest BCUT2D eigenvalue weighted by molar-refractivity contribution is 8.00. The van der Waals surface area contributed by atoms with Crippen molar-refractivity contribution in [1.29, 1.82) is 0 Å². The summed E-state index contributed by atoms with van der Waals surface area (Å²) >= 11 is 1.88. The smallest absolute Gasteiger partial charge is 0.239 e. The van der Waals surface area contributed by atoms with Crippen LogP contribution in [0.2, 0.25) is 0 Å². The summed E-state index contributed by atoms with van der Waals surface area (Å²) in [4.78, 5) is 9.69. The third-order valence-corrected chi connectivity index (χ3v) is 3.53. The van der Waals surface area contributed by atoms with Gasteiger partial charge in [0.05, 0.1) is 6.20 Å². The number of nitrogens with zero attached hydrogens (tertiary/aromatic N) is 3. The fraction of sp³-hybridized carbons (Fsp3) is 0.556. The highest BCUT2D eigenvalue weighted by atomic mass is 32.2. The molecule has 2 heterocycles. The van der Waals surface area contributed by atoms with Crippen molar-refractivity contribution >= 4 is 23.5 Å². The van der Waals surface area contributed by atoms with Crippen LogP contribution in [0.1, 0.15) is 6.92 Å². The van der Waals surface area contributed by atoms with Crippen molar-refractivity contribution < 1.29 is 4.39 Å². The highest BCUT2D eigenvalue weighted by Crippen LogP contribution is 2.24. The van der Waals surface area contributed by atoms with E-state index in [1.165, 1.54) is 0 Å². The first-order valence-electron chi connectivity index (χ1n) is 5.06. The number of hydrazine groups is 1. The summed E-state index contributed by atoms with van der Waals surface area (Å²) in [6, 6.07) is 0. The molecule has 0 radical (unpaired) electrons. The molecule has 2 rings (SSSR count). The molecule has 1 saturated heterocycles.